The molecule has 0 unspecified atom stereocenters. The fourth-order valence-corrected chi connectivity index (χ4v) is 4.37. The molecular weight excluding hydrogens is 314 g/mol. The average Bonchev–Trinajstić information content (AvgIpc) is 3.07. The summed E-state index contributed by atoms with van der Waals surface area (Å²) in [4.78, 5) is 26.0. The van der Waals surface area contributed by atoms with Crippen LogP contribution in [0, 0.1) is 0 Å². The number of benzene rings is 1. The number of rotatable bonds is 5. The van der Waals surface area contributed by atoms with Crippen LogP contribution in [-0.2, 0) is 4.79 Å². The summed E-state index contributed by atoms with van der Waals surface area (Å²) in [5.41, 5.74) is 1.19. The Kier molecular flexibility index (Phi) is 4.95. The highest BCUT2D eigenvalue weighted by Gasteiger charge is 2.22. The van der Waals surface area contributed by atoms with Gasteiger partial charge in [0.05, 0.1) is 10.9 Å². The van der Waals surface area contributed by atoms with Crippen LogP contribution in [0.15, 0.2) is 46.7 Å². The maximum Gasteiger partial charge on any atom is 0.220 e. The lowest BCUT2D eigenvalue weighted by molar-refractivity contribution is -0.121. The van der Waals surface area contributed by atoms with Crippen LogP contribution in [0.25, 0.3) is 0 Å². The monoisotopic (exact) mass is 331 g/mol. The molecule has 0 spiro atoms. The number of thioether (sulfide) groups is 1. The first-order valence-electron chi connectivity index (χ1n) is 7.32. The zero-order chi connectivity index (χ0) is 15.4. The van der Waals surface area contributed by atoms with Gasteiger partial charge in [-0.15, -0.1) is 23.1 Å². The normalized spacial score (nSPS) is 16.8. The van der Waals surface area contributed by atoms with E-state index >= 15 is 0 Å². The van der Waals surface area contributed by atoms with Crippen LogP contribution >= 0.6 is 23.1 Å². The molecule has 114 valence electrons. The van der Waals surface area contributed by atoms with Gasteiger partial charge in [0.15, 0.2) is 5.78 Å². The van der Waals surface area contributed by atoms with Gasteiger partial charge in [0.2, 0.25) is 5.91 Å². The van der Waals surface area contributed by atoms with E-state index in [4.69, 9.17) is 0 Å². The first-order valence-corrected chi connectivity index (χ1v) is 9.18. The fourth-order valence-electron chi connectivity index (χ4n) is 2.55. The number of fused-ring (bicyclic) bond motifs is 1. The van der Waals surface area contributed by atoms with Gasteiger partial charge in [-0.1, -0.05) is 24.3 Å². The Morgan fingerprint density at radius 1 is 1.14 bits per heavy atom. The third-order valence-corrected chi connectivity index (χ3v) is 5.70. The second-order valence-corrected chi connectivity index (χ2v) is 7.28. The summed E-state index contributed by atoms with van der Waals surface area (Å²) >= 11 is 3.26. The number of carbonyl (C=O) groups excluding carboxylic acids is 2. The molecule has 1 atom stereocenters. The average molecular weight is 331 g/mol. The quantitative estimate of drug-likeness (QED) is 0.840. The van der Waals surface area contributed by atoms with Gasteiger partial charge in [0.25, 0.3) is 0 Å². The minimum Gasteiger partial charge on any atom is -0.349 e. The summed E-state index contributed by atoms with van der Waals surface area (Å²) in [6.07, 6.45) is 1.46. The van der Waals surface area contributed by atoms with Crippen LogP contribution in [0.4, 0.5) is 0 Å². The topological polar surface area (TPSA) is 46.2 Å². The van der Waals surface area contributed by atoms with Gasteiger partial charge in [0, 0.05) is 23.5 Å². The van der Waals surface area contributed by atoms with Gasteiger partial charge in [-0.05, 0) is 29.5 Å². The molecule has 5 heteroatoms. The predicted octanol–water partition coefficient (Wildman–Crippen LogP) is 4.06. The molecule has 3 rings (SSSR count). The second-order valence-electron chi connectivity index (χ2n) is 5.20. The molecule has 0 saturated heterocycles. The van der Waals surface area contributed by atoms with Gasteiger partial charge >= 0.3 is 0 Å². The SMILES string of the molecule is O=C(CCC(=O)c1cccs1)N[C@H]1CCSc2ccccc21. The number of Topliss-reactive ketones (excluding diaryl/α,β-unsaturated/α-hetero) is 1. The summed E-state index contributed by atoms with van der Waals surface area (Å²) < 4.78 is 0. The number of carbonyl (C=O) groups is 2. The van der Waals surface area contributed by atoms with Gasteiger partial charge in [-0.3, -0.25) is 9.59 Å². The van der Waals surface area contributed by atoms with E-state index in [1.54, 1.807) is 6.07 Å². The number of amides is 1. The van der Waals surface area contributed by atoms with Crippen molar-refractivity contribution in [1.29, 1.82) is 0 Å². The van der Waals surface area contributed by atoms with E-state index in [2.05, 4.69) is 17.4 Å². The van der Waals surface area contributed by atoms with Crippen molar-refractivity contribution < 1.29 is 9.59 Å². The van der Waals surface area contributed by atoms with Gasteiger partial charge in [-0.2, -0.15) is 0 Å². The van der Waals surface area contributed by atoms with Crippen LogP contribution in [-0.4, -0.2) is 17.4 Å². The van der Waals surface area contributed by atoms with Crippen LogP contribution in [0.5, 0.6) is 0 Å². The van der Waals surface area contributed by atoms with E-state index in [1.165, 1.54) is 21.8 Å². The Labute approximate surface area is 138 Å². The van der Waals surface area contributed by atoms with Crippen molar-refractivity contribution in [2.24, 2.45) is 0 Å². The first kappa shape index (κ1) is 15.3. The summed E-state index contributed by atoms with van der Waals surface area (Å²) in [6.45, 7) is 0. The predicted molar refractivity (Wildman–Crippen MR) is 90.6 cm³/mol. The third-order valence-electron chi connectivity index (χ3n) is 3.67. The Balaban J connectivity index is 1.55. The molecule has 3 nitrogen and oxygen atoms in total. The van der Waals surface area contributed by atoms with E-state index in [0.717, 1.165) is 17.1 Å². The molecule has 0 bridgehead atoms. The summed E-state index contributed by atoms with van der Waals surface area (Å²) in [7, 11) is 0. The molecule has 0 radical (unpaired) electrons. The Hall–Kier alpha value is -1.59. The highest BCUT2D eigenvalue weighted by atomic mass is 32.2. The van der Waals surface area contributed by atoms with Crippen molar-refractivity contribution in [2.75, 3.05) is 5.75 Å². The van der Waals surface area contributed by atoms with E-state index in [1.807, 2.05) is 35.3 Å². The minimum atomic E-state index is -0.0448. The number of hydrogen-bond acceptors (Lipinski definition) is 4. The molecule has 0 saturated carbocycles. The van der Waals surface area contributed by atoms with E-state index in [-0.39, 0.29) is 30.6 Å². The molecule has 1 aliphatic rings. The minimum absolute atomic E-state index is 0.0448. The maximum atomic E-state index is 12.1. The van der Waals surface area contributed by atoms with Crippen LogP contribution < -0.4 is 5.32 Å². The molecule has 0 fully saturated rings. The number of ketones is 1. The lowest BCUT2D eigenvalue weighted by atomic mass is 10.0. The zero-order valence-electron chi connectivity index (χ0n) is 12.1. The zero-order valence-corrected chi connectivity index (χ0v) is 13.7. The fraction of sp³-hybridized carbons (Fsp3) is 0.294. The van der Waals surface area contributed by atoms with Crippen molar-refractivity contribution in [3.63, 3.8) is 0 Å². The lowest BCUT2D eigenvalue weighted by Crippen LogP contribution is -2.30. The third kappa shape index (κ3) is 3.59. The standard InChI is InChI=1S/C17H17NO2S2/c19-14(16-6-3-10-21-16)7-8-17(20)18-13-9-11-22-15-5-2-1-4-12(13)15/h1-6,10,13H,7-9,11H2,(H,18,20)/t13-/m0/s1. The first-order chi connectivity index (χ1) is 10.7. The summed E-state index contributed by atoms with van der Waals surface area (Å²) in [5, 5.41) is 4.95. The van der Waals surface area contributed by atoms with E-state index in [9.17, 15) is 9.59 Å². The van der Waals surface area contributed by atoms with E-state index < -0.39 is 0 Å². The molecule has 22 heavy (non-hydrogen) atoms. The number of hydrogen-bond donors (Lipinski definition) is 1. The van der Waals surface area contributed by atoms with Crippen molar-refractivity contribution in [2.45, 2.75) is 30.2 Å². The largest absolute Gasteiger partial charge is 0.349 e. The Bertz CT molecular complexity index is 667. The molecule has 1 aromatic heterocycles. The molecule has 2 aromatic rings. The summed E-state index contributed by atoms with van der Waals surface area (Å²) in [5.74, 6) is 1.01. The molecule has 1 N–H and O–H groups in total. The maximum absolute atomic E-state index is 12.1. The van der Waals surface area contributed by atoms with Gasteiger partial charge < -0.3 is 5.32 Å². The molecule has 1 aliphatic heterocycles. The van der Waals surface area contributed by atoms with Crippen LogP contribution in [0.1, 0.15) is 40.5 Å². The van der Waals surface area contributed by atoms with E-state index in [0.29, 0.717) is 0 Å². The number of thiophene rings is 1. The van der Waals surface area contributed by atoms with Gasteiger partial charge in [-0.25, -0.2) is 0 Å². The molecule has 1 aromatic carbocycles. The van der Waals surface area contributed by atoms with Gasteiger partial charge in [0.1, 0.15) is 0 Å². The highest BCUT2D eigenvalue weighted by Crippen LogP contribution is 2.35. The van der Waals surface area contributed by atoms with Crippen molar-refractivity contribution in [3.8, 4) is 0 Å². The van der Waals surface area contributed by atoms with Crippen molar-refractivity contribution in [3.05, 3.63) is 52.2 Å². The lowest BCUT2D eigenvalue weighted by Gasteiger charge is -2.25. The molecular formula is C17H17NO2S2. The summed E-state index contributed by atoms with van der Waals surface area (Å²) in [6, 6.07) is 11.9. The molecule has 1 amide bonds. The van der Waals surface area contributed by atoms with Crippen molar-refractivity contribution in [1.82, 2.24) is 5.32 Å². The molecule has 0 aliphatic carbocycles. The van der Waals surface area contributed by atoms with Crippen LogP contribution in [0.3, 0.4) is 0 Å². The molecule has 2 heterocycles. The van der Waals surface area contributed by atoms with Crippen LogP contribution in [0.2, 0.25) is 0 Å². The highest BCUT2D eigenvalue weighted by molar-refractivity contribution is 7.99. The number of nitrogens with one attached hydrogen (secondary N) is 1. The Morgan fingerprint density at radius 3 is 2.82 bits per heavy atom. The second kappa shape index (κ2) is 7.11. The Morgan fingerprint density at radius 2 is 2.00 bits per heavy atom. The van der Waals surface area contributed by atoms with Crippen molar-refractivity contribution >= 4 is 34.8 Å². The smallest absolute Gasteiger partial charge is 0.220 e.